The molecule has 1 saturated carbocycles. The van der Waals surface area contributed by atoms with Crippen molar-refractivity contribution >= 4 is 10.0 Å². The lowest BCUT2D eigenvalue weighted by Gasteiger charge is -2.05. The molecular weight excluding hydrogens is 276 g/mol. The molecule has 20 heavy (non-hydrogen) atoms. The van der Waals surface area contributed by atoms with Crippen LogP contribution in [0.2, 0.25) is 0 Å². The summed E-state index contributed by atoms with van der Waals surface area (Å²) in [5.74, 6) is 1.33. The lowest BCUT2D eigenvalue weighted by atomic mass is 10.2. The molecule has 106 valence electrons. The van der Waals surface area contributed by atoms with Crippen LogP contribution in [0.25, 0.3) is 0 Å². The molecule has 1 aliphatic rings. The van der Waals surface area contributed by atoms with Gasteiger partial charge < -0.3 is 4.52 Å². The standard InChI is InChI=1S/C14H16N2O3S/c1-10-3-2-4-13(7-10)20(17,18)15-9-12-8-14(19-16-12)11-5-6-11/h2-4,7-8,11,15H,5-6,9H2,1H3. The highest BCUT2D eigenvalue weighted by atomic mass is 32.2. The number of hydrogen-bond donors (Lipinski definition) is 1. The minimum absolute atomic E-state index is 0.145. The first-order valence-corrected chi connectivity index (χ1v) is 8.05. The second-order valence-corrected chi connectivity index (χ2v) is 6.90. The molecule has 0 amide bonds. The van der Waals surface area contributed by atoms with Crippen LogP contribution in [-0.4, -0.2) is 13.6 Å². The van der Waals surface area contributed by atoms with Gasteiger partial charge in [0.05, 0.1) is 17.1 Å². The molecule has 0 unspecified atom stereocenters. The number of hydrogen-bond acceptors (Lipinski definition) is 4. The van der Waals surface area contributed by atoms with Crippen molar-refractivity contribution in [3.05, 3.63) is 47.3 Å². The highest BCUT2D eigenvalue weighted by molar-refractivity contribution is 7.89. The van der Waals surface area contributed by atoms with Crippen molar-refractivity contribution < 1.29 is 12.9 Å². The summed E-state index contributed by atoms with van der Waals surface area (Å²) in [6.45, 7) is 2.01. The van der Waals surface area contributed by atoms with E-state index >= 15 is 0 Å². The highest BCUT2D eigenvalue weighted by Gasteiger charge is 2.28. The van der Waals surface area contributed by atoms with Crippen LogP contribution in [0, 0.1) is 6.92 Å². The first kappa shape index (κ1) is 13.3. The maximum atomic E-state index is 12.1. The first-order chi connectivity index (χ1) is 9.54. The summed E-state index contributed by atoms with van der Waals surface area (Å²) in [5.41, 5.74) is 1.52. The van der Waals surface area contributed by atoms with Crippen LogP contribution in [0.15, 0.2) is 39.8 Å². The van der Waals surface area contributed by atoms with E-state index in [-0.39, 0.29) is 11.4 Å². The fraction of sp³-hybridized carbons (Fsp3) is 0.357. The summed E-state index contributed by atoms with van der Waals surface area (Å²) in [4.78, 5) is 0.267. The van der Waals surface area contributed by atoms with Crippen molar-refractivity contribution in [2.24, 2.45) is 0 Å². The Bertz CT molecular complexity index is 718. The Kier molecular flexibility index (Phi) is 3.35. The van der Waals surface area contributed by atoms with Crippen molar-refractivity contribution in [3.8, 4) is 0 Å². The third-order valence-electron chi connectivity index (χ3n) is 3.30. The first-order valence-electron chi connectivity index (χ1n) is 6.56. The zero-order valence-electron chi connectivity index (χ0n) is 11.2. The third kappa shape index (κ3) is 2.91. The summed E-state index contributed by atoms with van der Waals surface area (Å²) >= 11 is 0. The zero-order valence-corrected chi connectivity index (χ0v) is 12.0. The molecule has 0 atom stereocenters. The zero-order chi connectivity index (χ0) is 14.2. The predicted octanol–water partition coefficient (Wildman–Crippen LogP) is 2.34. The summed E-state index contributed by atoms with van der Waals surface area (Å²) in [6, 6.07) is 8.63. The van der Waals surface area contributed by atoms with Gasteiger partial charge in [0.15, 0.2) is 0 Å². The fourth-order valence-electron chi connectivity index (χ4n) is 2.01. The van der Waals surface area contributed by atoms with Gasteiger partial charge in [-0.15, -0.1) is 0 Å². The molecule has 1 aliphatic carbocycles. The number of rotatable bonds is 5. The molecule has 3 rings (SSSR count). The quantitative estimate of drug-likeness (QED) is 0.918. The summed E-state index contributed by atoms with van der Waals surface area (Å²) < 4.78 is 32.0. The van der Waals surface area contributed by atoms with Crippen molar-refractivity contribution in [2.45, 2.75) is 37.1 Å². The lowest BCUT2D eigenvalue weighted by Crippen LogP contribution is -2.23. The molecule has 0 radical (unpaired) electrons. The highest BCUT2D eigenvalue weighted by Crippen LogP contribution is 2.40. The Hall–Kier alpha value is -1.66. The van der Waals surface area contributed by atoms with E-state index in [2.05, 4.69) is 9.88 Å². The Balaban J connectivity index is 1.69. The molecule has 5 nitrogen and oxygen atoms in total. The largest absolute Gasteiger partial charge is 0.361 e. The van der Waals surface area contributed by atoms with E-state index in [4.69, 9.17) is 4.52 Å². The molecule has 1 aromatic carbocycles. The van der Waals surface area contributed by atoms with E-state index in [1.165, 1.54) is 0 Å². The van der Waals surface area contributed by atoms with Crippen LogP contribution in [0.3, 0.4) is 0 Å². The van der Waals surface area contributed by atoms with E-state index in [0.717, 1.165) is 24.2 Å². The molecule has 1 heterocycles. The molecule has 0 aliphatic heterocycles. The van der Waals surface area contributed by atoms with Crippen LogP contribution in [0.1, 0.15) is 35.8 Å². The molecule has 1 N–H and O–H groups in total. The molecule has 1 fully saturated rings. The second kappa shape index (κ2) is 5.03. The Morgan fingerprint density at radius 2 is 2.15 bits per heavy atom. The van der Waals surface area contributed by atoms with Gasteiger partial charge in [0.25, 0.3) is 0 Å². The normalized spacial score (nSPS) is 15.4. The number of nitrogens with zero attached hydrogens (tertiary/aromatic N) is 1. The molecule has 0 saturated heterocycles. The van der Waals surface area contributed by atoms with Gasteiger partial charge in [-0.3, -0.25) is 0 Å². The van der Waals surface area contributed by atoms with Crippen molar-refractivity contribution in [2.75, 3.05) is 0 Å². The minimum atomic E-state index is -3.51. The Morgan fingerprint density at radius 3 is 2.85 bits per heavy atom. The average Bonchev–Trinajstić information content (AvgIpc) is 3.16. The van der Waals surface area contributed by atoms with Gasteiger partial charge >= 0.3 is 0 Å². The van der Waals surface area contributed by atoms with Crippen LogP contribution < -0.4 is 4.72 Å². The summed E-state index contributed by atoms with van der Waals surface area (Å²) in [5, 5.41) is 3.89. The molecule has 2 aromatic rings. The van der Waals surface area contributed by atoms with Gasteiger partial charge in [-0.25, -0.2) is 13.1 Å². The van der Waals surface area contributed by atoms with Gasteiger partial charge in [-0.2, -0.15) is 0 Å². The lowest BCUT2D eigenvalue weighted by molar-refractivity contribution is 0.377. The molecule has 0 bridgehead atoms. The summed E-state index contributed by atoms with van der Waals surface area (Å²) in [6.07, 6.45) is 2.26. The molecule has 6 heteroatoms. The SMILES string of the molecule is Cc1cccc(S(=O)(=O)NCc2cc(C3CC3)on2)c1. The van der Waals surface area contributed by atoms with Gasteiger partial charge in [0.2, 0.25) is 10.0 Å². The van der Waals surface area contributed by atoms with Crippen LogP contribution >= 0.6 is 0 Å². The van der Waals surface area contributed by atoms with Crippen molar-refractivity contribution in [1.82, 2.24) is 9.88 Å². The number of nitrogens with one attached hydrogen (secondary N) is 1. The van der Waals surface area contributed by atoms with Crippen LogP contribution in [0.5, 0.6) is 0 Å². The van der Waals surface area contributed by atoms with E-state index < -0.39 is 10.0 Å². The number of aromatic nitrogens is 1. The Morgan fingerprint density at radius 1 is 1.35 bits per heavy atom. The second-order valence-electron chi connectivity index (χ2n) is 5.14. The number of sulfonamides is 1. The van der Waals surface area contributed by atoms with E-state index in [1.807, 2.05) is 19.1 Å². The van der Waals surface area contributed by atoms with Gasteiger partial charge in [0.1, 0.15) is 5.76 Å². The van der Waals surface area contributed by atoms with Gasteiger partial charge in [-0.05, 0) is 37.5 Å². The average molecular weight is 292 g/mol. The van der Waals surface area contributed by atoms with Crippen molar-refractivity contribution in [1.29, 1.82) is 0 Å². The topological polar surface area (TPSA) is 72.2 Å². The smallest absolute Gasteiger partial charge is 0.240 e. The number of benzene rings is 1. The van der Waals surface area contributed by atoms with Gasteiger partial charge in [-0.1, -0.05) is 17.3 Å². The van der Waals surface area contributed by atoms with Crippen molar-refractivity contribution in [3.63, 3.8) is 0 Å². The predicted molar refractivity (Wildman–Crippen MR) is 73.7 cm³/mol. The van der Waals surface area contributed by atoms with E-state index in [0.29, 0.717) is 11.6 Å². The monoisotopic (exact) mass is 292 g/mol. The summed E-state index contributed by atoms with van der Waals surface area (Å²) in [7, 11) is -3.51. The maximum Gasteiger partial charge on any atom is 0.240 e. The molecular formula is C14H16N2O3S. The van der Waals surface area contributed by atoms with Crippen LogP contribution in [0.4, 0.5) is 0 Å². The molecule has 1 aromatic heterocycles. The van der Waals surface area contributed by atoms with E-state index in [1.54, 1.807) is 18.2 Å². The van der Waals surface area contributed by atoms with E-state index in [9.17, 15) is 8.42 Å². The van der Waals surface area contributed by atoms with Crippen LogP contribution in [-0.2, 0) is 16.6 Å². The number of aryl methyl sites for hydroxylation is 1. The Labute approximate surface area is 118 Å². The third-order valence-corrected chi connectivity index (χ3v) is 4.70. The molecule has 0 spiro atoms. The van der Waals surface area contributed by atoms with Gasteiger partial charge in [0, 0.05) is 12.0 Å². The minimum Gasteiger partial charge on any atom is -0.361 e. The maximum absolute atomic E-state index is 12.1. The fourth-order valence-corrected chi connectivity index (χ4v) is 3.11.